The lowest BCUT2D eigenvalue weighted by molar-refractivity contribution is 0.616. The number of para-hydroxylation sites is 1. The Labute approximate surface area is 102 Å². The van der Waals surface area contributed by atoms with Crippen molar-refractivity contribution in [3.05, 3.63) is 54.9 Å². The van der Waals surface area contributed by atoms with Crippen LogP contribution in [0, 0.1) is 5.82 Å². The molecule has 0 saturated heterocycles. The van der Waals surface area contributed by atoms with E-state index in [9.17, 15) is 4.39 Å². The van der Waals surface area contributed by atoms with E-state index in [0.717, 1.165) is 5.56 Å². The van der Waals surface area contributed by atoms with Crippen molar-refractivity contribution in [2.45, 2.75) is 13.0 Å². The summed E-state index contributed by atoms with van der Waals surface area (Å²) in [6.45, 7) is 10.3. The van der Waals surface area contributed by atoms with E-state index in [0.29, 0.717) is 18.8 Å². The molecule has 1 atom stereocenters. The molecule has 17 heavy (non-hydrogen) atoms. The average molecular weight is 234 g/mol. The van der Waals surface area contributed by atoms with Crippen LogP contribution in [-0.4, -0.2) is 13.1 Å². The average Bonchev–Trinajstić information content (AvgIpc) is 2.28. The van der Waals surface area contributed by atoms with Gasteiger partial charge in [0, 0.05) is 19.1 Å². The summed E-state index contributed by atoms with van der Waals surface area (Å²) in [7, 11) is 0. The first-order chi connectivity index (χ1) is 8.11. The van der Waals surface area contributed by atoms with Gasteiger partial charge in [-0.15, -0.1) is 13.2 Å². The number of hydrogen-bond donors (Lipinski definition) is 1. The highest BCUT2D eigenvalue weighted by Crippen LogP contribution is 2.28. The zero-order valence-electron chi connectivity index (χ0n) is 10.2. The van der Waals surface area contributed by atoms with E-state index in [4.69, 9.17) is 5.73 Å². The van der Waals surface area contributed by atoms with Crippen molar-refractivity contribution in [3.63, 3.8) is 0 Å². The molecule has 0 aromatic heterocycles. The maximum atomic E-state index is 13.9. The molecule has 3 heteroatoms. The summed E-state index contributed by atoms with van der Waals surface area (Å²) in [4.78, 5) is 1.87. The van der Waals surface area contributed by atoms with Gasteiger partial charge in [-0.3, -0.25) is 0 Å². The Morgan fingerprint density at radius 1 is 1.35 bits per heavy atom. The predicted molar refractivity (Wildman–Crippen MR) is 71.6 cm³/mol. The summed E-state index contributed by atoms with van der Waals surface area (Å²) in [5.74, 6) is -0.261. The Hall–Kier alpha value is -1.61. The van der Waals surface area contributed by atoms with Gasteiger partial charge in [0.25, 0.3) is 0 Å². The van der Waals surface area contributed by atoms with Gasteiger partial charge in [0.1, 0.15) is 5.82 Å². The fourth-order valence-corrected chi connectivity index (χ4v) is 1.80. The van der Waals surface area contributed by atoms with Crippen molar-refractivity contribution >= 4 is 5.69 Å². The van der Waals surface area contributed by atoms with Gasteiger partial charge in [0.05, 0.1) is 5.69 Å². The van der Waals surface area contributed by atoms with E-state index >= 15 is 0 Å². The molecule has 1 rings (SSSR count). The Kier molecular flexibility index (Phi) is 4.91. The lowest BCUT2D eigenvalue weighted by Gasteiger charge is -2.26. The van der Waals surface area contributed by atoms with Crippen LogP contribution < -0.4 is 10.6 Å². The maximum Gasteiger partial charge on any atom is 0.146 e. The third-order valence-corrected chi connectivity index (χ3v) is 2.52. The van der Waals surface area contributed by atoms with Gasteiger partial charge in [-0.1, -0.05) is 24.3 Å². The van der Waals surface area contributed by atoms with Gasteiger partial charge < -0.3 is 10.6 Å². The van der Waals surface area contributed by atoms with Crippen molar-refractivity contribution in [2.75, 3.05) is 18.0 Å². The molecule has 0 bridgehead atoms. The number of rotatable bonds is 6. The van der Waals surface area contributed by atoms with Crippen LogP contribution in [-0.2, 0) is 0 Å². The van der Waals surface area contributed by atoms with E-state index in [-0.39, 0.29) is 11.9 Å². The highest BCUT2D eigenvalue weighted by atomic mass is 19.1. The molecule has 0 aliphatic carbocycles. The third-order valence-electron chi connectivity index (χ3n) is 2.52. The van der Waals surface area contributed by atoms with Crippen molar-refractivity contribution in [3.8, 4) is 0 Å². The topological polar surface area (TPSA) is 29.3 Å². The van der Waals surface area contributed by atoms with Crippen LogP contribution in [0.2, 0.25) is 0 Å². The highest BCUT2D eigenvalue weighted by molar-refractivity contribution is 5.57. The number of benzene rings is 1. The van der Waals surface area contributed by atoms with Crippen molar-refractivity contribution in [1.82, 2.24) is 0 Å². The van der Waals surface area contributed by atoms with Crippen molar-refractivity contribution in [2.24, 2.45) is 5.73 Å². The molecular weight excluding hydrogens is 215 g/mol. The van der Waals surface area contributed by atoms with Crippen LogP contribution in [0.15, 0.2) is 43.5 Å². The summed E-state index contributed by atoms with van der Waals surface area (Å²) < 4.78 is 13.9. The SMILES string of the molecule is C=CCN(CC=C)c1c(F)cccc1[C@H](C)N. The molecule has 2 N–H and O–H groups in total. The molecule has 0 aliphatic rings. The number of hydrogen-bond acceptors (Lipinski definition) is 2. The van der Waals surface area contributed by atoms with Crippen LogP contribution in [0.3, 0.4) is 0 Å². The smallest absolute Gasteiger partial charge is 0.146 e. The largest absolute Gasteiger partial charge is 0.361 e. The summed E-state index contributed by atoms with van der Waals surface area (Å²) in [6.07, 6.45) is 3.47. The molecule has 0 radical (unpaired) electrons. The number of nitrogens with two attached hydrogens (primary N) is 1. The second-order valence-electron chi connectivity index (χ2n) is 3.95. The fraction of sp³-hybridized carbons (Fsp3) is 0.286. The molecule has 2 nitrogen and oxygen atoms in total. The van der Waals surface area contributed by atoms with Gasteiger partial charge in [0.2, 0.25) is 0 Å². The lowest BCUT2D eigenvalue weighted by atomic mass is 10.1. The van der Waals surface area contributed by atoms with E-state index in [1.54, 1.807) is 18.2 Å². The van der Waals surface area contributed by atoms with E-state index in [2.05, 4.69) is 13.2 Å². The van der Waals surface area contributed by atoms with Crippen molar-refractivity contribution < 1.29 is 4.39 Å². The minimum absolute atomic E-state index is 0.210. The number of halogens is 1. The molecule has 0 spiro atoms. The molecule has 0 heterocycles. The molecular formula is C14H19FN2. The molecule has 92 valence electrons. The monoisotopic (exact) mass is 234 g/mol. The van der Waals surface area contributed by atoms with E-state index in [1.165, 1.54) is 6.07 Å². The van der Waals surface area contributed by atoms with Crippen LogP contribution in [0.4, 0.5) is 10.1 Å². The molecule has 0 amide bonds. The minimum atomic E-state index is -0.261. The third kappa shape index (κ3) is 3.17. The number of nitrogens with zero attached hydrogens (tertiary/aromatic N) is 1. The Bertz CT molecular complexity index is 389. The van der Waals surface area contributed by atoms with Gasteiger partial charge in [0.15, 0.2) is 0 Å². The molecule has 1 aromatic carbocycles. The van der Waals surface area contributed by atoms with Gasteiger partial charge in [-0.2, -0.15) is 0 Å². The standard InChI is InChI=1S/C14H19FN2/c1-4-9-17(10-5-2)14-12(11(3)16)7-6-8-13(14)15/h4-8,11H,1-2,9-10,16H2,3H3/t11-/m0/s1. The Morgan fingerprint density at radius 2 is 1.94 bits per heavy atom. The van der Waals surface area contributed by atoms with Gasteiger partial charge in [-0.05, 0) is 18.6 Å². The van der Waals surface area contributed by atoms with Crippen LogP contribution >= 0.6 is 0 Å². The predicted octanol–water partition coefficient (Wildman–Crippen LogP) is 3.02. The Balaban J connectivity index is 3.23. The summed E-state index contributed by atoms with van der Waals surface area (Å²) in [6, 6.07) is 4.76. The summed E-state index contributed by atoms with van der Waals surface area (Å²) in [5.41, 5.74) is 7.21. The second-order valence-corrected chi connectivity index (χ2v) is 3.95. The highest BCUT2D eigenvalue weighted by Gasteiger charge is 2.16. The van der Waals surface area contributed by atoms with Crippen LogP contribution in [0.25, 0.3) is 0 Å². The van der Waals surface area contributed by atoms with Crippen molar-refractivity contribution in [1.29, 1.82) is 0 Å². The maximum absolute atomic E-state index is 13.9. The molecule has 0 fully saturated rings. The van der Waals surface area contributed by atoms with E-state index < -0.39 is 0 Å². The first kappa shape index (κ1) is 13.5. The fourth-order valence-electron chi connectivity index (χ4n) is 1.80. The second kappa shape index (κ2) is 6.21. The zero-order chi connectivity index (χ0) is 12.8. The molecule has 0 saturated carbocycles. The molecule has 0 aliphatic heterocycles. The van der Waals surface area contributed by atoms with Gasteiger partial charge >= 0.3 is 0 Å². The van der Waals surface area contributed by atoms with Crippen LogP contribution in [0.5, 0.6) is 0 Å². The normalized spacial score (nSPS) is 11.9. The summed E-state index contributed by atoms with van der Waals surface area (Å²) in [5, 5.41) is 0. The zero-order valence-corrected chi connectivity index (χ0v) is 10.2. The molecule has 1 aromatic rings. The van der Waals surface area contributed by atoms with Gasteiger partial charge in [-0.25, -0.2) is 4.39 Å². The minimum Gasteiger partial charge on any atom is -0.361 e. The number of anilines is 1. The molecule has 0 unspecified atom stereocenters. The first-order valence-electron chi connectivity index (χ1n) is 5.62. The Morgan fingerprint density at radius 3 is 2.41 bits per heavy atom. The lowest BCUT2D eigenvalue weighted by Crippen LogP contribution is -2.26. The van der Waals surface area contributed by atoms with Crippen LogP contribution in [0.1, 0.15) is 18.5 Å². The van der Waals surface area contributed by atoms with E-state index in [1.807, 2.05) is 17.9 Å². The summed E-state index contributed by atoms with van der Waals surface area (Å²) >= 11 is 0. The quantitative estimate of drug-likeness (QED) is 0.767. The first-order valence-corrected chi connectivity index (χ1v) is 5.62.